The molecule has 0 radical (unpaired) electrons. The molecule has 0 unspecified atom stereocenters. The molecule has 0 bridgehead atoms. The summed E-state index contributed by atoms with van der Waals surface area (Å²) in [7, 11) is 0. The second-order valence-electron chi connectivity index (χ2n) is 5.49. The van der Waals surface area contributed by atoms with E-state index in [1.807, 2.05) is 6.07 Å². The SMILES string of the molecule is O=C(N[C@@H](CO)C(=O)NCc1ccccc1)c1ccc(C(F)(F)F)cc1. The second kappa shape index (κ2) is 8.48. The number of hydrogen-bond acceptors (Lipinski definition) is 3. The largest absolute Gasteiger partial charge is 0.416 e. The van der Waals surface area contributed by atoms with E-state index in [1.54, 1.807) is 24.3 Å². The number of nitrogens with one attached hydrogen (secondary N) is 2. The molecule has 0 aliphatic heterocycles. The number of aliphatic hydroxyl groups is 1. The summed E-state index contributed by atoms with van der Waals surface area (Å²) >= 11 is 0. The van der Waals surface area contributed by atoms with Crippen molar-refractivity contribution in [2.24, 2.45) is 0 Å². The third-order valence-electron chi connectivity index (χ3n) is 3.59. The molecule has 0 heterocycles. The van der Waals surface area contributed by atoms with Crippen LogP contribution in [0.4, 0.5) is 13.2 Å². The van der Waals surface area contributed by atoms with Crippen molar-refractivity contribution in [3.8, 4) is 0 Å². The maximum Gasteiger partial charge on any atom is 0.416 e. The van der Waals surface area contributed by atoms with Gasteiger partial charge in [-0.2, -0.15) is 13.2 Å². The molecule has 2 rings (SSSR count). The van der Waals surface area contributed by atoms with Gasteiger partial charge in [-0.05, 0) is 29.8 Å². The first-order valence-electron chi connectivity index (χ1n) is 7.72. The summed E-state index contributed by atoms with van der Waals surface area (Å²) in [5.41, 5.74) is -0.0905. The fourth-order valence-electron chi connectivity index (χ4n) is 2.15. The van der Waals surface area contributed by atoms with Crippen molar-refractivity contribution >= 4 is 11.8 Å². The third-order valence-corrected chi connectivity index (χ3v) is 3.59. The molecule has 1 atom stereocenters. The quantitative estimate of drug-likeness (QED) is 0.733. The number of benzene rings is 2. The zero-order valence-corrected chi connectivity index (χ0v) is 13.6. The molecule has 2 aromatic carbocycles. The minimum Gasteiger partial charge on any atom is -0.394 e. The lowest BCUT2D eigenvalue weighted by atomic mass is 10.1. The number of alkyl halides is 3. The number of aliphatic hydroxyl groups excluding tert-OH is 1. The zero-order valence-electron chi connectivity index (χ0n) is 13.6. The Morgan fingerprint density at radius 3 is 2.15 bits per heavy atom. The molecule has 2 amide bonds. The fraction of sp³-hybridized carbons (Fsp3) is 0.222. The van der Waals surface area contributed by atoms with Gasteiger partial charge in [0.2, 0.25) is 5.91 Å². The summed E-state index contributed by atoms with van der Waals surface area (Å²) in [6, 6.07) is 11.4. The molecule has 0 aliphatic rings. The molecule has 2 aromatic rings. The van der Waals surface area contributed by atoms with Crippen LogP contribution in [0.5, 0.6) is 0 Å². The van der Waals surface area contributed by atoms with Gasteiger partial charge in [0.25, 0.3) is 5.91 Å². The zero-order chi connectivity index (χ0) is 19.2. The van der Waals surface area contributed by atoms with Gasteiger partial charge < -0.3 is 15.7 Å². The highest BCUT2D eigenvalue weighted by Crippen LogP contribution is 2.29. The molecular formula is C18H17F3N2O3. The molecule has 0 fully saturated rings. The average molecular weight is 366 g/mol. The molecule has 0 saturated heterocycles. The first-order chi connectivity index (χ1) is 12.3. The third kappa shape index (κ3) is 5.32. The molecule has 138 valence electrons. The number of halogens is 3. The molecular weight excluding hydrogens is 349 g/mol. The van der Waals surface area contributed by atoms with Gasteiger partial charge in [0.05, 0.1) is 12.2 Å². The topological polar surface area (TPSA) is 78.4 Å². The molecule has 5 nitrogen and oxygen atoms in total. The van der Waals surface area contributed by atoms with Crippen LogP contribution < -0.4 is 10.6 Å². The Bertz CT molecular complexity index is 747. The van der Waals surface area contributed by atoms with Crippen LogP contribution in [0.15, 0.2) is 54.6 Å². The fourth-order valence-corrected chi connectivity index (χ4v) is 2.15. The van der Waals surface area contributed by atoms with Crippen LogP contribution in [0.1, 0.15) is 21.5 Å². The molecule has 0 spiro atoms. The van der Waals surface area contributed by atoms with Crippen LogP contribution in [0, 0.1) is 0 Å². The van der Waals surface area contributed by atoms with Gasteiger partial charge in [-0.15, -0.1) is 0 Å². The normalized spacial score (nSPS) is 12.3. The number of hydrogen-bond donors (Lipinski definition) is 3. The molecule has 3 N–H and O–H groups in total. The van der Waals surface area contributed by atoms with E-state index in [4.69, 9.17) is 0 Å². The van der Waals surface area contributed by atoms with Gasteiger partial charge in [-0.25, -0.2) is 0 Å². The Kier molecular flexibility index (Phi) is 6.35. The summed E-state index contributed by atoms with van der Waals surface area (Å²) in [6.45, 7) is -0.431. The molecule has 0 aliphatic carbocycles. The first-order valence-corrected chi connectivity index (χ1v) is 7.72. The van der Waals surface area contributed by atoms with Crippen LogP contribution >= 0.6 is 0 Å². The maximum atomic E-state index is 12.5. The van der Waals surface area contributed by atoms with E-state index < -0.39 is 36.2 Å². The minimum atomic E-state index is -4.50. The van der Waals surface area contributed by atoms with E-state index in [0.717, 1.165) is 29.8 Å². The van der Waals surface area contributed by atoms with Gasteiger partial charge in [-0.3, -0.25) is 9.59 Å². The molecule has 26 heavy (non-hydrogen) atoms. The van der Waals surface area contributed by atoms with Gasteiger partial charge in [0.1, 0.15) is 6.04 Å². The van der Waals surface area contributed by atoms with E-state index in [9.17, 15) is 27.9 Å². The lowest BCUT2D eigenvalue weighted by Crippen LogP contribution is -2.48. The minimum absolute atomic E-state index is 0.0488. The van der Waals surface area contributed by atoms with E-state index in [0.29, 0.717) is 0 Å². The highest BCUT2D eigenvalue weighted by atomic mass is 19.4. The van der Waals surface area contributed by atoms with Crippen molar-refractivity contribution < 1.29 is 27.9 Å². The number of rotatable bonds is 6. The van der Waals surface area contributed by atoms with Gasteiger partial charge in [0.15, 0.2) is 0 Å². The van der Waals surface area contributed by atoms with Crippen LogP contribution in [0.2, 0.25) is 0 Å². The van der Waals surface area contributed by atoms with Gasteiger partial charge in [0, 0.05) is 12.1 Å². The van der Waals surface area contributed by atoms with Crippen molar-refractivity contribution in [1.29, 1.82) is 0 Å². The van der Waals surface area contributed by atoms with Crippen molar-refractivity contribution in [3.05, 3.63) is 71.3 Å². The molecule has 8 heteroatoms. The summed E-state index contributed by atoms with van der Waals surface area (Å²) in [5, 5.41) is 14.2. The number of amides is 2. The van der Waals surface area contributed by atoms with Gasteiger partial charge in [-0.1, -0.05) is 30.3 Å². The number of carbonyl (C=O) groups excluding carboxylic acids is 2. The summed E-state index contributed by atoms with van der Waals surface area (Å²) in [6.07, 6.45) is -4.50. The summed E-state index contributed by atoms with van der Waals surface area (Å²) in [4.78, 5) is 24.1. The van der Waals surface area contributed by atoms with Gasteiger partial charge >= 0.3 is 6.18 Å². The van der Waals surface area contributed by atoms with E-state index in [-0.39, 0.29) is 12.1 Å². The monoisotopic (exact) mass is 366 g/mol. The van der Waals surface area contributed by atoms with Crippen LogP contribution in [-0.2, 0) is 17.5 Å². The maximum absolute atomic E-state index is 12.5. The van der Waals surface area contributed by atoms with Crippen LogP contribution in [0.25, 0.3) is 0 Å². The Morgan fingerprint density at radius 2 is 1.62 bits per heavy atom. The summed E-state index contributed by atoms with van der Waals surface area (Å²) in [5.74, 6) is -1.36. The van der Waals surface area contributed by atoms with Crippen molar-refractivity contribution in [2.75, 3.05) is 6.61 Å². The smallest absolute Gasteiger partial charge is 0.394 e. The van der Waals surface area contributed by atoms with E-state index in [1.165, 1.54) is 0 Å². The average Bonchev–Trinajstić information content (AvgIpc) is 2.64. The lowest BCUT2D eigenvalue weighted by Gasteiger charge is -2.16. The Balaban J connectivity index is 1.95. The Labute approximate surface area is 147 Å². The van der Waals surface area contributed by atoms with Crippen LogP contribution in [-0.4, -0.2) is 29.6 Å². The Hall–Kier alpha value is -2.87. The van der Waals surface area contributed by atoms with Crippen molar-refractivity contribution in [2.45, 2.75) is 18.8 Å². The van der Waals surface area contributed by atoms with E-state index in [2.05, 4.69) is 10.6 Å². The highest BCUT2D eigenvalue weighted by molar-refractivity contribution is 5.97. The molecule has 0 aromatic heterocycles. The summed E-state index contributed by atoms with van der Waals surface area (Å²) < 4.78 is 37.6. The molecule has 0 saturated carbocycles. The highest BCUT2D eigenvalue weighted by Gasteiger charge is 2.30. The van der Waals surface area contributed by atoms with E-state index >= 15 is 0 Å². The van der Waals surface area contributed by atoms with Crippen LogP contribution in [0.3, 0.4) is 0 Å². The van der Waals surface area contributed by atoms with Crippen molar-refractivity contribution in [1.82, 2.24) is 10.6 Å². The standard InChI is InChI=1S/C18H17F3N2O3/c19-18(20,21)14-8-6-13(7-9-14)16(25)23-15(11-24)17(26)22-10-12-4-2-1-3-5-12/h1-9,15,24H,10-11H2,(H,22,26)(H,23,25)/t15-/m0/s1. The second-order valence-corrected chi connectivity index (χ2v) is 5.49. The van der Waals surface area contributed by atoms with Crippen molar-refractivity contribution in [3.63, 3.8) is 0 Å². The Morgan fingerprint density at radius 1 is 1.00 bits per heavy atom. The first kappa shape index (κ1) is 19.5. The number of carbonyl (C=O) groups is 2. The predicted molar refractivity (Wildman–Crippen MR) is 88.1 cm³/mol. The lowest BCUT2D eigenvalue weighted by molar-refractivity contribution is -0.137. The predicted octanol–water partition coefficient (Wildman–Crippen LogP) is 2.11.